The lowest BCUT2D eigenvalue weighted by Gasteiger charge is -2.37. The van der Waals surface area contributed by atoms with E-state index in [1.165, 1.54) is 6.07 Å². The summed E-state index contributed by atoms with van der Waals surface area (Å²) in [6.07, 6.45) is 1.65. The maximum Gasteiger partial charge on any atom is 0.269 e. The van der Waals surface area contributed by atoms with Crippen LogP contribution in [0.2, 0.25) is 0 Å². The van der Waals surface area contributed by atoms with Gasteiger partial charge < -0.3 is 9.64 Å². The van der Waals surface area contributed by atoms with Crippen LogP contribution >= 0.6 is 0 Å². The maximum absolute atomic E-state index is 12.5. The Bertz CT molecular complexity index is 593. The van der Waals surface area contributed by atoms with Gasteiger partial charge >= 0.3 is 0 Å². The first-order valence-electron chi connectivity index (χ1n) is 8.46. The van der Waals surface area contributed by atoms with E-state index in [4.69, 9.17) is 4.74 Å². The average Bonchev–Trinajstić information content (AvgIpc) is 2.63. The summed E-state index contributed by atoms with van der Waals surface area (Å²) in [6.45, 7) is 5.11. The van der Waals surface area contributed by atoms with Crippen molar-refractivity contribution in [1.82, 2.24) is 9.80 Å². The highest BCUT2D eigenvalue weighted by Gasteiger charge is 2.28. The number of amides is 1. The van der Waals surface area contributed by atoms with Gasteiger partial charge in [0.2, 0.25) is 5.91 Å². The lowest BCUT2D eigenvalue weighted by Crippen LogP contribution is -2.50. The van der Waals surface area contributed by atoms with Crippen molar-refractivity contribution in [3.63, 3.8) is 0 Å². The van der Waals surface area contributed by atoms with E-state index in [-0.39, 0.29) is 22.4 Å². The van der Waals surface area contributed by atoms with Crippen LogP contribution in [0.5, 0.6) is 0 Å². The van der Waals surface area contributed by atoms with E-state index >= 15 is 0 Å². The van der Waals surface area contributed by atoms with Crippen LogP contribution < -0.4 is 0 Å². The molecule has 1 aromatic rings. The lowest BCUT2D eigenvalue weighted by atomic mass is 9.98. The highest BCUT2D eigenvalue weighted by Crippen LogP contribution is 2.20. The second-order valence-electron chi connectivity index (χ2n) is 6.42. The summed E-state index contributed by atoms with van der Waals surface area (Å²) in [7, 11) is 0. The number of carbonyl (C=O) groups excluding carboxylic acids is 1. The van der Waals surface area contributed by atoms with Crippen LogP contribution in [-0.4, -0.2) is 60.0 Å². The van der Waals surface area contributed by atoms with E-state index in [2.05, 4.69) is 4.90 Å². The molecule has 2 saturated heterocycles. The number of piperazine rings is 1. The molecule has 3 rings (SSSR count). The molecule has 0 aliphatic carbocycles. The average molecular weight is 333 g/mol. The Balaban J connectivity index is 1.50. The molecule has 0 bridgehead atoms. The van der Waals surface area contributed by atoms with E-state index in [1.807, 2.05) is 11.0 Å². The third-order valence-electron chi connectivity index (χ3n) is 4.78. The van der Waals surface area contributed by atoms with Gasteiger partial charge in [0.1, 0.15) is 0 Å². The molecule has 2 aliphatic heterocycles. The molecular formula is C17H23N3O4. The molecule has 0 radical (unpaired) electrons. The fourth-order valence-electron chi connectivity index (χ4n) is 3.36. The fraction of sp³-hybridized carbons (Fsp3) is 0.588. The first-order valence-corrected chi connectivity index (χ1v) is 8.46. The zero-order chi connectivity index (χ0) is 16.9. The van der Waals surface area contributed by atoms with Crippen molar-refractivity contribution < 1.29 is 14.5 Å². The normalized spacial score (nSPS) is 20.1. The molecule has 0 unspecified atom stereocenters. The van der Waals surface area contributed by atoms with Crippen molar-refractivity contribution in [1.29, 1.82) is 0 Å². The molecule has 0 saturated carbocycles. The van der Waals surface area contributed by atoms with Crippen molar-refractivity contribution in [3.8, 4) is 0 Å². The van der Waals surface area contributed by atoms with Crippen molar-refractivity contribution in [2.45, 2.75) is 19.4 Å². The summed E-state index contributed by atoms with van der Waals surface area (Å²) in [5.74, 6) is 0.371. The first-order chi connectivity index (χ1) is 11.6. The Kier molecular flexibility index (Phi) is 5.42. The van der Waals surface area contributed by atoms with E-state index in [0.29, 0.717) is 19.8 Å². The van der Waals surface area contributed by atoms with Gasteiger partial charge in [-0.3, -0.25) is 19.8 Å². The molecule has 0 atom stereocenters. The van der Waals surface area contributed by atoms with Crippen LogP contribution in [0.4, 0.5) is 5.69 Å². The summed E-state index contributed by atoms with van der Waals surface area (Å²) < 4.78 is 5.32. The number of nitro benzene ring substituents is 1. The molecule has 2 heterocycles. The predicted octanol–water partition coefficient (Wildman–Crippen LogP) is 1.67. The number of nitrogens with zero attached hydrogens (tertiary/aromatic N) is 3. The van der Waals surface area contributed by atoms with E-state index < -0.39 is 0 Å². The molecule has 2 fully saturated rings. The van der Waals surface area contributed by atoms with Crippen molar-refractivity contribution in [2.24, 2.45) is 5.92 Å². The first kappa shape index (κ1) is 16.9. The number of hydrogen-bond acceptors (Lipinski definition) is 5. The molecule has 0 spiro atoms. The van der Waals surface area contributed by atoms with Crippen LogP contribution in [0.1, 0.15) is 18.4 Å². The molecule has 130 valence electrons. The third kappa shape index (κ3) is 4.10. The summed E-state index contributed by atoms with van der Waals surface area (Å²) in [6, 6.07) is 6.76. The zero-order valence-corrected chi connectivity index (χ0v) is 13.7. The van der Waals surface area contributed by atoms with Crippen LogP contribution in [0.15, 0.2) is 24.3 Å². The Morgan fingerprint density at radius 1 is 1.21 bits per heavy atom. The molecule has 24 heavy (non-hydrogen) atoms. The molecule has 1 amide bonds. The molecule has 2 aliphatic rings. The Hall–Kier alpha value is -1.99. The minimum atomic E-state index is -0.367. The fourth-order valence-corrected chi connectivity index (χ4v) is 3.36. The number of nitro groups is 1. The second kappa shape index (κ2) is 7.72. The number of hydrogen-bond donors (Lipinski definition) is 0. The van der Waals surface area contributed by atoms with Gasteiger partial charge in [0.05, 0.1) is 4.92 Å². The summed E-state index contributed by atoms with van der Waals surface area (Å²) >= 11 is 0. The molecule has 0 N–H and O–H groups in total. The predicted molar refractivity (Wildman–Crippen MR) is 88.5 cm³/mol. The Labute approximate surface area is 141 Å². The Morgan fingerprint density at radius 2 is 1.92 bits per heavy atom. The van der Waals surface area contributed by atoms with Crippen LogP contribution in [0.3, 0.4) is 0 Å². The van der Waals surface area contributed by atoms with E-state index in [9.17, 15) is 14.9 Å². The van der Waals surface area contributed by atoms with Crippen LogP contribution in [0.25, 0.3) is 0 Å². The standard InChI is InChI=1S/C17H23N3O4/c21-17(15-4-10-24-11-5-15)19-8-6-18(7-9-19)13-14-2-1-3-16(12-14)20(22)23/h1-3,12,15H,4-11,13H2. The largest absolute Gasteiger partial charge is 0.381 e. The van der Waals surface area contributed by atoms with Crippen molar-refractivity contribution in [3.05, 3.63) is 39.9 Å². The summed E-state index contributed by atoms with van der Waals surface area (Å²) in [4.78, 5) is 27.2. The van der Waals surface area contributed by atoms with E-state index in [1.54, 1.807) is 12.1 Å². The number of non-ortho nitro benzene ring substituents is 1. The van der Waals surface area contributed by atoms with Gasteiger partial charge in [0.15, 0.2) is 0 Å². The minimum Gasteiger partial charge on any atom is -0.381 e. The zero-order valence-electron chi connectivity index (χ0n) is 13.7. The highest BCUT2D eigenvalue weighted by molar-refractivity contribution is 5.79. The number of carbonyl (C=O) groups is 1. The second-order valence-corrected chi connectivity index (χ2v) is 6.42. The van der Waals surface area contributed by atoms with Crippen molar-refractivity contribution in [2.75, 3.05) is 39.4 Å². The van der Waals surface area contributed by atoms with Gasteiger partial charge in [0, 0.05) is 64.0 Å². The van der Waals surface area contributed by atoms with Gasteiger partial charge in [-0.15, -0.1) is 0 Å². The highest BCUT2D eigenvalue weighted by atomic mass is 16.6. The summed E-state index contributed by atoms with van der Waals surface area (Å²) in [5, 5.41) is 10.9. The van der Waals surface area contributed by atoms with Gasteiger partial charge in [-0.05, 0) is 18.4 Å². The van der Waals surface area contributed by atoms with E-state index in [0.717, 1.165) is 44.6 Å². The van der Waals surface area contributed by atoms with Crippen LogP contribution in [-0.2, 0) is 16.1 Å². The molecule has 0 aromatic heterocycles. The van der Waals surface area contributed by atoms with Gasteiger partial charge in [-0.1, -0.05) is 12.1 Å². The van der Waals surface area contributed by atoms with Gasteiger partial charge in [-0.2, -0.15) is 0 Å². The number of rotatable bonds is 4. The molecule has 7 nitrogen and oxygen atoms in total. The van der Waals surface area contributed by atoms with Crippen LogP contribution in [0, 0.1) is 16.0 Å². The molecule has 1 aromatic carbocycles. The monoisotopic (exact) mass is 333 g/mol. The van der Waals surface area contributed by atoms with Crippen molar-refractivity contribution >= 4 is 11.6 Å². The smallest absolute Gasteiger partial charge is 0.269 e. The quantitative estimate of drug-likeness (QED) is 0.619. The SMILES string of the molecule is O=C(C1CCOCC1)N1CCN(Cc2cccc([N+](=O)[O-])c2)CC1. The number of ether oxygens (including phenoxy) is 1. The lowest BCUT2D eigenvalue weighted by molar-refractivity contribution is -0.384. The Morgan fingerprint density at radius 3 is 2.58 bits per heavy atom. The molecular weight excluding hydrogens is 310 g/mol. The summed E-state index contributed by atoms with van der Waals surface area (Å²) in [5.41, 5.74) is 1.06. The number of benzene rings is 1. The minimum absolute atomic E-state index is 0.113. The third-order valence-corrected chi connectivity index (χ3v) is 4.78. The maximum atomic E-state index is 12.5. The van der Waals surface area contributed by atoms with Gasteiger partial charge in [-0.25, -0.2) is 0 Å². The topological polar surface area (TPSA) is 75.9 Å². The van der Waals surface area contributed by atoms with Gasteiger partial charge in [0.25, 0.3) is 5.69 Å². The molecule has 7 heteroatoms.